The average Bonchev–Trinajstić information content (AvgIpc) is 2.79. The Labute approximate surface area is 201 Å². The van der Waals surface area contributed by atoms with E-state index in [1.165, 1.54) is 6.08 Å². The predicted octanol–water partition coefficient (Wildman–Crippen LogP) is 6.42. The number of hydrogen-bond acceptors (Lipinski definition) is 4. The van der Waals surface area contributed by atoms with Crippen molar-refractivity contribution in [2.24, 2.45) is 5.73 Å². The maximum absolute atomic E-state index is 14.9. The number of likely N-dealkylation sites (N-methyl/N-ethyl adjacent to an activating group) is 1. The van der Waals surface area contributed by atoms with E-state index >= 15 is 0 Å². The van der Waals surface area contributed by atoms with E-state index < -0.39 is 0 Å². The lowest BCUT2D eigenvalue weighted by Gasteiger charge is -2.24. The molecule has 0 aliphatic rings. The number of rotatable bonds is 14. The van der Waals surface area contributed by atoms with Crippen LogP contribution in [0.4, 0.5) is 4.39 Å². The fourth-order valence-corrected chi connectivity index (χ4v) is 3.09. The lowest BCUT2D eigenvalue weighted by atomic mass is 10.1. The van der Waals surface area contributed by atoms with Gasteiger partial charge in [0.05, 0.1) is 0 Å². The van der Waals surface area contributed by atoms with Gasteiger partial charge in [0.1, 0.15) is 11.7 Å². The lowest BCUT2D eigenvalue weighted by molar-refractivity contribution is 0.425. The van der Waals surface area contributed by atoms with Gasteiger partial charge < -0.3 is 21.3 Å². The number of halogens is 1. The quantitative estimate of drug-likeness (QED) is 0.137. The summed E-state index contributed by atoms with van der Waals surface area (Å²) < 4.78 is 14.9. The molecule has 5 nitrogen and oxygen atoms in total. The fraction of sp³-hybridized carbons (Fsp3) is 0.519. The summed E-state index contributed by atoms with van der Waals surface area (Å²) in [6, 6.07) is 0.172. The highest BCUT2D eigenvalue weighted by Crippen LogP contribution is 2.20. The first kappa shape index (κ1) is 30.2. The SMILES string of the molecule is C=C(N)C(=C/C(F)=C(\C)NC(C)CC)/C(=C/C)NC(/C=C(/C)C(=N)N(CC)CCCC)=C/C. The summed E-state index contributed by atoms with van der Waals surface area (Å²) >= 11 is 0. The minimum atomic E-state index is -0.386. The molecule has 0 aromatic rings. The van der Waals surface area contributed by atoms with Gasteiger partial charge >= 0.3 is 0 Å². The Bertz CT molecular complexity index is 814. The van der Waals surface area contributed by atoms with Crippen LogP contribution < -0.4 is 16.4 Å². The van der Waals surface area contributed by atoms with Crippen LogP contribution in [0.3, 0.4) is 0 Å². The molecule has 0 bridgehead atoms. The van der Waals surface area contributed by atoms with E-state index in [1.807, 2.05) is 52.8 Å². The van der Waals surface area contributed by atoms with Crippen molar-refractivity contribution in [2.75, 3.05) is 13.1 Å². The van der Waals surface area contributed by atoms with E-state index in [9.17, 15) is 4.39 Å². The number of allylic oxidation sites excluding steroid dienone is 6. The highest BCUT2D eigenvalue weighted by molar-refractivity contribution is 5.95. The molecule has 0 radical (unpaired) electrons. The van der Waals surface area contributed by atoms with E-state index in [0.29, 0.717) is 22.8 Å². The zero-order valence-corrected chi connectivity index (χ0v) is 22.0. The number of nitrogens with one attached hydrogen (secondary N) is 3. The molecule has 0 aliphatic carbocycles. The fourth-order valence-electron chi connectivity index (χ4n) is 3.09. The van der Waals surface area contributed by atoms with E-state index in [0.717, 1.165) is 43.6 Å². The molecule has 1 unspecified atom stereocenters. The number of amidine groups is 1. The molecule has 33 heavy (non-hydrogen) atoms. The molecule has 6 heteroatoms. The Kier molecular flexibility index (Phi) is 14.6. The number of nitrogens with two attached hydrogens (primary N) is 1. The summed E-state index contributed by atoms with van der Waals surface area (Å²) in [4.78, 5) is 2.07. The Morgan fingerprint density at radius 3 is 2.24 bits per heavy atom. The Morgan fingerprint density at radius 1 is 1.15 bits per heavy atom. The summed E-state index contributed by atoms with van der Waals surface area (Å²) in [7, 11) is 0. The molecule has 5 N–H and O–H groups in total. The molecule has 0 spiro atoms. The van der Waals surface area contributed by atoms with Gasteiger partial charge in [-0.3, -0.25) is 5.41 Å². The van der Waals surface area contributed by atoms with E-state index in [2.05, 4.69) is 36.0 Å². The zero-order chi connectivity index (χ0) is 25.6. The summed E-state index contributed by atoms with van der Waals surface area (Å²) in [5.74, 6) is 0.122. The third-order valence-electron chi connectivity index (χ3n) is 5.44. The van der Waals surface area contributed by atoms with Gasteiger partial charge in [-0.1, -0.05) is 39.0 Å². The van der Waals surface area contributed by atoms with Crippen LogP contribution in [0.15, 0.2) is 70.6 Å². The van der Waals surface area contributed by atoms with Gasteiger partial charge in [-0.2, -0.15) is 0 Å². The van der Waals surface area contributed by atoms with Gasteiger partial charge in [-0.25, -0.2) is 4.39 Å². The number of hydrogen-bond donors (Lipinski definition) is 4. The maximum Gasteiger partial charge on any atom is 0.142 e. The van der Waals surface area contributed by atoms with Crippen LogP contribution in [0.1, 0.15) is 74.7 Å². The van der Waals surface area contributed by atoms with Crippen molar-refractivity contribution in [3.05, 3.63) is 70.6 Å². The van der Waals surface area contributed by atoms with Gasteiger partial charge in [-0.15, -0.1) is 0 Å². The second-order valence-electron chi connectivity index (χ2n) is 8.19. The van der Waals surface area contributed by atoms with Crippen LogP contribution in [-0.4, -0.2) is 29.9 Å². The summed E-state index contributed by atoms with van der Waals surface area (Å²) in [5.41, 5.74) is 9.53. The van der Waals surface area contributed by atoms with E-state index in [4.69, 9.17) is 11.1 Å². The molecule has 0 rings (SSSR count). The largest absolute Gasteiger partial charge is 0.399 e. The smallest absolute Gasteiger partial charge is 0.142 e. The van der Waals surface area contributed by atoms with E-state index in [-0.39, 0.29) is 17.6 Å². The highest BCUT2D eigenvalue weighted by Gasteiger charge is 2.13. The number of unbranched alkanes of at least 4 members (excludes halogenated alkanes) is 1. The van der Waals surface area contributed by atoms with Crippen LogP contribution in [0.5, 0.6) is 0 Å². The van der Waals surface area contributed by atoms with Crippen molar-refractivity contribution >= 4 is 5.84 Å². The van der Waals surface area contributed by atoms with Crippen LogP contribution in [0, 0.1) is 5.41 Å². The Balaban J connectivity index is 5.86. The topological polar surface area (TPSA) is 77.2 Å². The van der Waals surface area contributed by atoms with Gasteiger partial charge in [0.25, 0.3) is 0 Å². The lowest BCUT2D eigenvalue weighted by Crippen LogP contribution is -2.32. The average molecular weight is 460 g/mol. The van der Waals surface area contributed by atoms with Crippen LogP contribution >= 0.6 is 0 Å². The Hall–Kier alpha value is -2.76. The molecule has 186 valence electrons. The summed E-state index contributed by atoms with van der Waals surface area (Å²) in [6.45, 7) is 21.2. The van der Waals surface area contributed by atoms with Crippen molar-refractivity contribution in [1.29, 1.82) is 5.41 Å². The summed E-state index contributed by atoms with van der Waals surface area (Å²) in [5, 5.41) is 15.1. The van der Waals surface area contributed by atoms with Crippen molar-refractivity contribution in [2.45, 2.75) is 80.7 Å². The molecule has 0 heterocycles. The van der Waals surface area contributed by atoms with Gasteiger partial charge in [0, 0.05) is 47.5 Å². The molecule has 0 saturated heterocycles. The first-order chi connectivity index (χ1) is 15.6. The molecule has 1 atom stereocenters. The van der Waals surface area contributed by atoms with Crippen LogP contribution in [0.25, 0.3) is 0 Å². The molecular weight excluding hydrogens is 413 g/mol. The zero-order valence-electron chi connectivity index (χ0n) is 22.0. The summed E-state index contributed by atoms with van der Waals surface area (Å²) in [6.07, 6.45) is 10.1. The molecule has 0 fully saturated rings. The molecule has 0 aromatic heterocycles. The van der Waals surface area contributed by atoms with E-state index in [1.54, 1.807) is 6.92 Å². The van der Waals surface area contributed by atoms with Crippen molar-refractivity contribution in [1.82, 2.24) is 15.5 Å². The van der Waals surface area contributed by atoms with Crippen molar-refractivity contribution in [3.8, 4) is 0 Å². The van der Waals surface area contributed by atoms with Gasteiger partial charge in [0.15, 0.2) is 0 Å². The molecule has 0 saturated carbocycles. The molecule has 0 aliphatic heterocycles. The second kappa shape index (κ2) is 15.9. The monoisotopic (exact) mass is 459 g/mol. The maximum atomic E-state index is 14.9. The van der Waals surface area contributed by atoms with Gasteiger partial charge in [0.2, 0.25) is 0 Å². The first-order valence-electron chi connectivity index (χ1n) is 12.0. The van der Waals surface area contributed by atoms with Crippen LogP contribution in [-0.2, 0) is 0 Å². The Morgan fingerprint density at radius 2 is 1.79 bits per heavy atom. The molecule has 0 aromatic carbocycles. The normalized spacial score (nSPS) is 15.1. The second-order valence-corrected chi connectivity index (χ2v) is 8.19. The van der Waals surface area contributed by atoms with Crippen LogP contribution in [0.2, 0.25) is 0 Å². The van der Waals surface area contributed by atoms with Crippen molar-refractivity contribution in [3.63, 3.8) is 0 Å². The number of nitrogens with zero attached hydrogens (tertiary/aromatic N) is 1. The highest BCUT2D eigenvalue weighted by atomic mass is 19.1. The molecule has 0 amide bonds. The predicted molar refractivity (Wildman–Crippen MR) is 142 cm³/mol. The van der Waals surface area contributed by atoms with Gasteiger partial charge in [-0.05, 0) is 72.1 Å². The minimum absolute atomic E-state index is 0.172. The minimum Gasteiger partial charge on any atom is -0.399 e. The third-order valence-corrected chi connectivity index (χ3v) is 5.44. The third kappa shape index (κ3) is 10.6. The standard InChI is InChI=1S/C27H46FN5/c1-10-15-16-33(14-5)27(30)19(6)17-23(12-3)32-26(13-4)24(21(8)29)18-25(28)22(9)31-20(7)11-2/h12-13,17-18,20,30-32H,8,10-11,14-16,29H2,1-7,9H3/b19-17-,23-12+,24-18-,25-22-,26-13-,30-27?. The molecular formula is C27H46FN5. The first-order valence-corrected chi connectivity index (χ1v) is 12.0. The van der Waals surface area contributed by atoms with Crippen molar-refractivity contribution < 1.29 is 4.39 Å².